The summed E-state index contributed by atoms with van der Waals surface area (Å²) in [6, 6.07) is 9.11. The van der Waals surface area contributed by atoms with Crippen LogP contribution in [0.5, 0.6) is 0 Å². The molecule has 2 atom stereocenters. The first kappa shape index (κ1) is 26.7. The second kappa shape index (κ2) is 10.3. The number of rotatable bonds is 7. The van der Waals surface area contributed by atoms with Gasteiger partial charge in [-0.15, -0.1) is 0 Å². The number of hydrogen-bond acceptors (Lipinski definition) is 9. The molecule has 0 aliphatic heterocycles. The van der Waals surface area contributed by atoms with Crippen molar-refractivity contribution in [1.29, 1.82) is 0 Å². The summed E-state index contributed by atoms with van der Waals surface area (Å²) in [5.74, 6) is -1.06. The normalized spacial score (nSPS) is 13.3. The van der Waals surface area contributed by atoms with Gasteiger partial charge in [-0.1, -0.05) is 12.1 Å². The molecule has 0 amide bonds. The van der Waals surface area contributed by atoms with Crippen LogP contribution in [0.2, 0.25) is 0 Å². The van der Waals surface area contributed by atoms with E-state index in [2.05, 4.69) is 30.2 Å². The van der Waals surface area contributed by atoms with E-state index in [0.717, 1.165) is 17.0 Å². The molecular weight excluding hydrogens is 531 g/mol. The van der Waals surface area contributed by atoms with Crippen LogP contribution in [0, 0.1) is 0 Å². The van der Waals surface area contributed by atoms with Gasteiger partial charge in [0.15, 0.2) is 11.2 Å². The van der Waals surface area contributed by atoms with E-state index in [0.29, 0.717) is 5.69 Å². The van der Waals surface area contributed by atoms with Gasteiger partial charge in [0.25, 0.3) is 5.56 Å². The summed E-state index contributed by atoms with van der Waals surface area (Å²) in [7, 11) is 1.50. The Morgan fingerprint density at radius 3 is 2.45 bits per heavy atom. The van der Waals surface area contributed by atoms with Gasteiger partial charge < -0.3 is 15.0 Å². The Labute approximate surface area is 223 Å². The molecule has 0 bridgehead atoms. The molecule has 0 fully saturated rings. The predicted octanol–water partition coefficient (Wildman–Crippen LogP) is 2.20. The molecule has 15 heteroatoms. The number of aromatic nitrogens is 8. The van der Waals surface area contributed by atoms with Crippen LogP contribution in [-0.4, -0.2) is 50.0 Å². The predicted molar refractivity (Wildman–Crippen MR) is 137 cm³/mol. The zero-order valence-electron chi connectivity index (χ0n) is 21.1. The van der Waals surface area contributed by atoms with Crippen LogP contribution in [-0.2, 0) is 19.8 Å². The standard InChI is InChI=1S/C25H22F3N9O3/c1-14(21(38)34-18-8-5-7-17(33-18)15-10-30-23(31-11-15)25(26,27)28)37-13-32-20-19(37)22(39)36(24(40)35(20)2)12-16-6-3-4-9-29-16/h3-11,13-14,21,38H,12H2,1-2H3,(H,33,34)/t14-,21?/m0/s1. The Balaban J connectivity index is 1.42. The number of alkyl halides is 3. The van der Waals surface area contributed by atoms with Crippen LogP contribution in [0.3, 0.4) is 0 Å². The van der Waals surface area contributed by atoms with Gasteiger partial charge in [0.1, 0.15) is 12.0 Å². The molecule has 12 nitrogen and oxygen atoms in total. The van der Waals surface area contributed by atoms with E-state index < -0.39 is 35.5 Å². The lowest BCUT2D eigenvalue weighted by molar-refractivity contribution is -0.144. The van der Waals surface area contributed by atoms with Crippen LogP contribution >= 0.6 is 0 Å². The van der Waals surface area contributed by atoms with Crippen LogP contribution in [0.25, 0.3) is 22.4 Å². The quantitative estimate of drug-likeness (QED) is 0.290. The fraction of sp³-hybridized carbons (Fsp3) is 0.240. The number of aliphatic hydroxyl groups excluding tert-OH is 1. The highest BCUT2D eigenvalue weighted by Crippen LogP contribution is 2.27. The minimum absolute atomic E-state index is 0.0486. The lowest BCUT2D eigenvalue weighted by Gasteiger charge is -2.22. The van der Waals surface area contributed by atoms with Crippen molar-refractivity contribution in [3.05, 3.63) is 93.7 Å². The lowest BCUT2D eigenvalue weighted by Crippen LogP contribution is -2.40. The van der Waals surface area contributed by atoms with Crippen molar-refractivity contribution in [2.45, 2.75) is 31.9 Å². The molecule has 0 radical (unpaired) electrons. The topological polar surface area (TPSA) is 146 Å². The van der Waals surface area contributed by atoms with Crippen molar-refractivity contribution in [2.75, 3.05) is 5.32 Å². The summed E-state index contributed by atoms with van der Waals surface area (Å²) in [5.41, 5.74) is 0.138. The number of hydrogen-bond donors (Lipinski definition) is 2. The molecular formula is C25H22F3N9O3. The average molecular weight is 554 g/mol. The van der Waals surface area contributed by atoms with Gasteiger partial charge >= 0.3 is 11.9 Å². The molecule has 2 N–H and O–H groups in total. The first-order chi connectivity index (χ1) is 19.0. The van der Waals surface area contributed by atoms with Crippen molar-refractivity contribution in [1.82, 2.24) is 38.6 Å². The summed E-state index contributed by atoms with van der Waals surface area (Å²) in [6.45, 7) is 1.59. The number of anilines is 1. The first-order valence-corrected chi connectivity index (χ1v) is 11.9. The van der Waals surface area contributed by atoms with Crippen LogP contribution in [0.4, 0.5) is 19.0 Å². The van der Waals surface area contributed by atoms with Crippen molar-refractivity contribution < 1.29 is 18.3 Å². The molecule has 0 spiro atoms. The number of imidazole rings is 1. The zero-order chi connectivity index (χ0) is 28.6. The fourth-order valence-corrected chi connectivity index (χ4v) is 4.10. The summed E-state index contributed by atoms with van der Waals surface area (Å²) in [5, 5.41) is 13.8. The number of halogens is 3. The number of pyridine rings is 2. The van der Waals surface area contributed by atoms with Crippen LogP contribution in [0.15, 0.2) is 70.9 Å². The third-order valence-corrected chi connectivity index (χ3v) is 6.25. The highest BCUT2D eigenvalue weighted by atomic mass is 19.4. The Morgan fingerprint density at radius 1 is 1.02 bits per heavy atom. The molecule has 0 saturated carbocycles. The molecule has 206 valence electrons. The minimum Gasteiger partial charge on any atom is -0.372 e. The number of aliphatic hydroxyl groups is 1. The Kier molecular flexibility index (Phi) is 6.89. The summed E-state index contributed by atoms with van der Waals surface area (Å²) >= 11 is 0. The fourth-order valence-electron chi connectivity index (χ4n) is 4.10. The Hall–Kier alpha value is -4.92. The summed E-state index contributed by atoms with van der Waals surface area (Å²) in [6.07, 6.45) is -1.01. The smallest absolute Gasteiger partial charge is 0.372 e. The van der Waals surface area contributed by atoms with E-state index in [-0.39, 0.29) is 34.8 Å². The van der Waals surface area contributed by atoms with Crippen molar-refractivity contribution in [3.8, 4) is 11.3 Å². The molecule has 5 aromatic heterocycles. The SMILES string of the molecule is C[C@@H](C(O)Nc1cccc(-c2cnc(C(F)(F)F)nc2)n1)n1cnc2c1c(=O)n(Cc1ccccn1)c(=O)n2C. The van der Waals surface area contributed by atoms with E-state index in [9.17, 15) is 27.9 Å². The molecule has 0 aliphatic carbocycles. The molecule has 0 aliphatic rings. The second-order valence-electron chi connectivity index (χ2n) is 8.91. The number of nitrogens with zero attached hydrogens (tertiary/aromatic N) is 8. The van der Waals surface area contributed by atoms with Crippen LogP contribution in [0.1, 0.15) is 24.5 Å². The van der Waals surface area contributed by atoms with Crippen molar-refractivity contribution in [2.24, 2.45) is 7.05 Å². The van der Waals surface area contributed by atoms with Gasteiger partial charge in [-0.05, 0) is 31.2 Å². The maximum absolute atomic E-state index is 13.4. The van der Waals surface area contributed by atoms with E-state index >= 15 is 0 Å². The molecule has 40 heavy (non-hydrogen) atoms. The molecule has 0 saturated heterocycles. The molecule has 5 aromatic rings. The van der Waals surface area contributed by atoms with Gasteiger partial charge in [0, 0.05) is 31.2 Å². The largest absolute Gasteiger partial charge is 0.451 e. The highest BCUT2D eigenvalue weighted by Gasteiger charge is 2.34. The van der Waals surface area contributed by atoms with Gasteiger partial charge in [0.05, 0.1) is 30.3 Å². The van der Waals surface area contributed by atoms with Crippen LogP contribution < -0.4 is 16.6 Å². The van der Waals surface area contributed by atoms with E-state index in [1.54, 1.807) is 49.5 Å². The molecule has 0 aromatic carbocycles. The van der Waals surface area contributed by atoms with Gasteiger partial charge in [-0.25, -0.2) is 24.7 Å². The second-order valence-corrected chi connectivity index (χ2v) is 8.91. The zero-order valence-corrected chi connectivity index (χ0v) is 21.1. The molecule has 1 unspecified atom stereocenters. The average Bonchev–Trinajstić information content (AvgIpc) is 3.39. The molecule has 5 rings (SSSR count). The Bertz CT molecular complexity index is 1780. The summed E-state index contributed by atoms with van der Waals surface area (Å²) in [4.78, 5) is 45.8. The molecule has 5 heterocycles. The lowest BCUT2D eigenvalue weighted by atomic mass is 10.2. The monoisotopic (exact) mass is 553 g/mol. The van der Waals surface area contributed by atoms with E-state index in [1.165, 1.54) is 22.5 Å². The highest BCUT2D eigenvalue weighted by molar-refractivity contribution is 5.70. The van der Waals surface area contributed by atoms with Gasteiger partial charge in [-0.2, -0.15) is 13.2 Å². The van der Waals surface area contributed by atoms with E-state index in [1.807, 2.05) is 0 Å². The van der Waals surface area contributed by atoms with E-state index in [4.69, 9.17) is 0 Å². The Morgan fingerprint density at radius 2 is 1.77 bits per heavy atom. The van der Waals surface area contributed by atoms with Gasteiger partial charge in [-0.3, -0.25) is 18.9 Å². The first-order valence-electron chi connectivity index (χ1n) is 11.9. The van der Waals surface area contributed by atoms with Gasteiger partial charge in [0.2, 0.25) is 5.82 Å². The van der Waals surface area contributed by atoms with Crippen molar-refractivity contribution >= 4 is 17.0 Å². The maximum atomic E-state index is 13.4. The minimum atomic E-state index is -4.67. The number of aryl methyl sites for hydroxylation is 1. The summed E-state index contributed by atoms with van der Waals surface area (Å²) < 4.78 is 42.1. The number of fused-ring (bicyclic) bond motifs is 1. The van der Waals surface area contributed by atoms with Crippen molar-refractivity contribution in [3.63, 3.8) is 0 Å². The maximum Gasteiger partial charge on any atom is 0.451 e. The third kappa shape index (κ3) is 5.05. The number of nitrogens with one attached hydrogen (secondary N) is 1. The third-order valence-electron chi connectivity index (χ3n) is 6.25.